The van der Waals surface area contributed by atoms with Crippen LogP contribution in [0.1, 0.15) is 19.3 Å². The first-order valence-electron chi connectivity index (χ1n) is 3.64. The Morgan fingerprint density at radius 3 is 2.92 bits per heavy atom. The number of aliphatic carboxylic acids is 1. The Bertz CT molecular complexity index is 160. The lowest BCUT2D eigenvalue weighted by molar-refractivity contribution is -0.138. The molecule has 0 rings (SSSR count). The van der Waals surface area contributed by atoms with E-state index in [9.17, 15) is 4.79 Å². The molecule has 0 aromatic heterocycles. The molecular weight excluding hydrogens is 160 g/mol. The summed E-state index contributed by atoms with van der Waals surface area (Å²) >= 11 is 0. The minimum Gasteiger partial charge on any atom is -0.480 e. The molecule has 0 aliphatic carbocycles. The van der Waals surface area contributed by atoms with E-state index in [0.717, 1.165) is 0 Å². The van der Waals surface area contributed by atoms with Crippen molar-refractivity contribution in [3.63, 3.8) is 0 Å². The van der Waals surface area contributed by atoms with E-state index in [1.165, 1.54) is 0 Å². The fraction of sp³-hybridized carbons (Fsp3) is 0.667. The summed E-state index contributed by atoms with van der Waals surface area (Å²) in [4.78, 5) is 10.2. The van der Waals surface area contributed by atoms with Crippen LogP contribution in [0.5, 0.6) is 0 Å². The lowest BCUT2D eigenvalue weighted by Gasteiger charge is -2.02. The second-order valence-electron chi connectivity index (χ2n) is 2.32. The van der Waals surface area contributed by atoms with Crippen LogP contribution >= 0.6 is 0 Å². The monoisotopic (exact) mass is 174 g/mol. The quantitative estimate of drug-likeness (QED) is 0.179. The Kier molecular flexibility index (Phi) is 5.94. The third-order valence-electron chi connectivity index (χ3n) is 1.33. The van der Waals surface area contributed by atoms with E-state index < -0.39 is 12.0 Å². The molecule has 0 spiro atoms. The molecule has 0 aliphatic rings. The number of nitrogens with two attached hydrogens (primary N) is 2. The lowest BCUT2D eigenvalue weighted by Crippen LogP contribution is -2.29. The molecular formula is C6H14N4O2. The molecule has 6 heteroatoms. The summed E-state index contributed by atoms with van der Waals surface area (Å²) in [7, 11) is 0. The van der Waals surface area contributed by atoms with Gasteiger partial charge in [0.05, 0.1) is 0 Å². The molecule has 0 amide bonds. The van der Waals surface area contributed by atoms with Gasteiger partial charge in [-0.3, -0.25) is 4.79 Å². The maximum atomic E-state index is 10.2. The first kappa shape index (κ1) is 10.9. The molecule has 0 aromatic rings. The zero-order valence-electron chi connectivity index (χ0n) is 6.73. The van der Waals surface area contributed by atoms with Crippen LogP contribution < -0.4 is 17.1 Å². The topological polar surface area (TPSA) is 114 Å². The maximum absolute atomic E-state index is 10.2. The molecule has 0 saturated carbocycles. The molecule has 0 saturated heterocycles. The number of unbranched alkanes of at least 4 members (excludes halogenated alkanes) is 1. The SMILES string of the molecule is NNN=CCCC[C@H](N)C(=O)O. The maximum Gasteiger partial charge on any atom is 0.320 e. The summed E-state index contributed by atoms with van der Waals surface area (Å²) in [6, 6.07) is -0.774. The van der Waals surface area contributed by atoms with Gasteiger partial charge in [-0.05, 0) is 19.3 Å². The summed E-state index contributed by atoms with van der Waals surface area (Å²) in [5.74, 6) is 3.88. The van der Waals surface area contributed by atoms with E-state index in [-0.39, 0.29) is 0 Å². The van der Waals surface area contributed by atoms with Gasteiger partial charge < -0.3 is 10.8 Å². The molecule has 0 aromatic carbocycles. The highest BCUT2D eigenvalue weighted by Crippen LogP contribution is 1.96. The fourth-order valence-corrected chi connectivity index (χ4v) is 0.670. The smallest absolute Gasteiger partial charge is 0.320 e. The Morgan fingerprint density at radius 2 is 2.42 bits per heavy atom. The van der Waals surface area contributed by atoms with E-state index in [0.29, 0.717) is 19.3 Å². The fourth-order valence-electron chi connectivity index (χ4n) is 0.670. The number of nitrogens with one attached hydrogen (secondary N) is 1. The molecule has 0 aliphatic heterocycles. The van der Waals surface area contributed by atoms with Crippen molar-refractivity contribution in [2.75, 3.05) is 0 Å². The number of carboxylic acid groups (broad SMARTS) is 1. The molecule has 70 valence electrons. The summed E-state index contributed by atoms with van der Waals surface area (Å²) in [6.45, 7) is 0. The average molecular weight is 174 g/mol. The van der Waals surface area contributed by atoms with Gasteiger partial charge >= 0.3 is 5.97 Å². The Labute approximate surface area is 70.6 Å². The molecule has 1 atom stereocenters. The van der Waals surface area contributed by atoms with Crippen LogP contribution in [0.15, 0.2) is 5.10 Å². The molecule has 12 heavy (non-hydrogen) atoms. The number of nitrogens with zero attached hydrogens (tertiary/aromatic N) is 1. The van der Waals surface area contributed by atoms with Crippen molar-refractivity contribution in [1.82, 2.24) is 5.53 Å². The van der Waals surface area contributed by atoms with Crippen LogP contribution in [0.25, 0.3) is 0 Å². The van der Waals surface area contributed by atoms with E-state index in [2.05, 4.69) is 10.6 Å². The van der Waals surface area contributed by atoms with E-state index in [1.54, 1.807) is 6.21 Å². The van der Waals surface area contributed by atoms with Crippen LogP contribution in [0, 0.1) is 0 Å². The Morgan fingerprint density at radius 1 is 1.75 bits per heavy atom. The van der Waals surface area contributed by atoms with Gasteiger partial charge in [-0.25, -0.2) is 11.4 Å². The zero-order chi connectivity index (χ0) is 9.40. The third kappa shape index (κ3) is 5.63. The van der Waals surface area contributed by atoms with Crippen molar-refractivity contribution in [3.05, 3.63) is 0 Å². The van der Waals surface area contributed by atoms with Crippen molar-refractivity contribution < 1.29 is 9.90 Å². The summed E-state index contributed by atoms with van der Waals surface area (Å²) in [6.07, 6.45) is 3.39. The Hall–Kier alpha value is -1.14. The van der Waals surface area contributed by atoms with Gasteiger partial charge in [0, 0.05) is 6.21 Å². The van der Waals surface area contributed by atoms with E-state index in [1.807, 2.05) is 0 Å². The molecule has 0 heterocycles. The standard InChI is InChI=1S/C6H14N4O2/c7-5(6(11)12)3-1-2-4-9-10-8/h4-5,10H,1-3,7-8H2,(H,11,12)/t5-/m0/s1. The number of carbonyl (C=O) groups is 1. The van der Waals surface area contributed by atoms with Crippen molar-refractivity contribution in [2.24, 2.45) is 16.7 Å². The van der Waals surface area contributed by atoms with Gasteiger partial charge in [0.1, 0.15) is 6.04 Å². The summed E-state index contributed by atoms with van der Waals surface area (Å²) in [5, 5.41) is 11.9. The molecule has 0 bridgehead atoms. The predicted molar refractivity (Wildman–Crippen MR) is 45.3 cm³/mol. The summed E-state index contributed by atoms with van der Waals surface area (Å²) in [5.41, 5.74) is 7.35. The number of hydrogen-bond acceptors (Lipinski definition) is 5. The highest BCUT2D eigenvalue weighted by Gasteiger charge is 2.09. The van der Waals surface area contributed by atoms with Crippen molar-refractivity contribution in [3.8, 4) is 0 Å². The highest BCUT2D eigenvalue weighted by molar-refractivity contribution is 5.73. The van der Waals surface area contributed by atoms with Gasteiger partial charge in [-0.1, -0.05) is 0 Å². The number of hydrazone groups is 1. The summed E-state index contributed by atoms with van der Waals surface area (Å²) < 4.78 is 0. The third-order valence-corrected chi connectivity index (χ3v) is 1.33. The largest absolute Gasteiger partial charge is 0.480 e. The van der Waals surface area contributed by atoms with Crippen molar-refractivity contribution in [1.29, 1.82) is 0 Å². The number of carboxylic acids is 1. The van der Waals surface area contributed by atoms with Crippen LogP contribution in [0.3, 0.4) is 0 Å². The first-order valence-corrected chi connectivity index (χ1v) is 3.64. The van der Waals surface area contributed by atoms with Gasteiger partial charge in [-0.15, -0.1) is 0 Å². The van der Waals surface area contributed by atoms with Crippen molar-refractivity contribution in [2.45, 2.75) is 25.3 Å². The van der Waals surface area contributed by atoms with E-state index >= 15 is 0 Å². The minimum atomic E-state index is -0.969. The predicted octanol–water partition coefficient (Wildman–Crippen LogP) is -0.982. The van der Waals surface area contributed by atoms with Crippen LogP contribution in [0.4, 0.5) is 0 Å². The number of hydrogen-bond donors (Lipinski definition) is 4. The number of hydrazine groups is 1. The average Bonchev–Trinajstić information content (AvgIpc) is 2.03. The van der Waals surface area contributed by atoms with E-state index in [4.69, 9.17) is 16.7 Å². The minimum absolute atomic E-state index is 0.450. The molecule has 0 fully saturated rings. The van der Waals surface area contributed by atoms with Crippen LogP contribution in [-0.4, -0.2) is 23.3 Å². The normalized spacial score (nSPS) is 13.2. The second-order valence-corrected chi connectivity index (χ2v) is 2.32. The molecule has 0 radical (unpaired) electrons. The van der Waals surface area contributed by atoms with Gasteiger partial charge in [0.15, 0.2) is 0 Å². The number of rotatable bonds is 6. The lowest BCUT2D eigenvalue weighted by atomic mass is 10.1. The highest BCUT2D eigenvalue weighted by atomic mass is 16.4. The van der Waals surface area contributed by atoms with Crippen LogP contribution in [-0.2, 0) is 4.79 Å². The molecule has 6 nitrogen and oxygen atoms in total. The van der Waals surface area contributed by atoms with Crippen molar-refractivity contribution >= 4 is 12.2 Å². The van der Waals surface area contributed by atoms with Gasteiger partial charge in [0.25, 0.3) is 0 Å². The second kappa shape index (κ2) is 6.56. The van der Waals surface area contributed by atoms with Gasteiger partial charge in [0.2, 0.25) is 0 Å². The molecule has 0 unspecified atom stereocenters. The van der Waals surface area contributed by atoms with Gasteiger partial charge in [-0.2, -0.15) is 5.10 Å². The van der Waals surface area contributed by atoms with Crippen LogP contribution in [0.2, 0.25) is 0 Å². The Balaban J connectivity index is 3.31. The first-order chi connectivity index (χ1) is 5.68. The zero-order valence-corrected chi connectivity index (χ0v) is 6.73. The molecule has 6 N–H and O–H groups in total.